The number of carbonyl (C=O) groups excluding carboxylic acids is 2. The predicted molar refractivity (Wildman–Crippen MR) is 131 cm³/mol. The first kappa shape index (κ1) is 23.4. The van der Waals surface area contributed by atoms with Crippen LogP contribution in [0, 0.1) is 11.8 Å². The van der Waals surface area contributed by atoms with Crippen molar-refractivity contribution in [3.8, 4) is 11.1 Å². The third kappa shape index (κ3) is 4.90. The van der Waals surface area contributed by atoms with Crippen molar-refractivity contribution < 1.29 is 24.2 Å². The molecule has 1 saturated heterocycles. The quantitative estimate of drug-likeness (QED) is 0.667. The Morgan fingerprint density at radius 3 is 2.26 bits per heavy atom. The average Bonchev–Trinajstić information content (AvgIpc) is 3.21. The lowest BCUT2D eigenvalue weighted by atomic mass is 9.84. The fourth-order valence-corrected chi connectivity index (χ4v) is 5.99. The molecule has 1 aliphatic heterocycles. The molecule has 5 rings (SSSR count). The molecule has 2 aliphatic carbocycles. The summed E-state index contributed by atoms with van der Waals surface area (Å²) in [7, 11) is 0. The maximum Gasteiger partial charge on any atom is 0.407 e. The predicted octanol–water partition coefficient (Wildman–Crippen LogP) is 4.41. The molecule has 0 radical (unpaired) electrons. The van der Waals surface area contributed by atoms with E-state index >= 15 is 0 Å². The zero-order valence-corrected chi connectivity index (χ0v) is 19.8. The Morgan fingerprint density at radius 2 is 1.57 bits per heavy atom. The number of amides is 2. The number of aliphatic carboxylic acids is 1. The lowest BCUT2D eigenvalue weighted by molar-refractivity contribution is -0.147. The first-order valence-electron chi connectivity index (χ1n) is 12.6. The molecule has 3 atom stereocenters. The fourth-order valence-electron chi connectivity index (χ4n) is 5.99. The molecule has 2 aromatic carbocycles. The Kier molecular flexibility index (Phi) is 6.75. The van der Waals surface area contributed by atoms with E-state index in [1.807, 2.05) is 24.3 Å². The maximum absolute atomic E-state index is 13.1. The fraction of sp³-hybridized carbons (Fsp3) is 0.464. The molecule has 1 saturated carbocycles. The Hall–Kier alpha value is -3.35. The third-order valence-electron chi connectivity index (χ3n) is 7.77. The minimum atomic E-state index is -0.832. The van der Waals surface area contributed by atoms with E-state index in [2.05, 4.69) is 29.6 Å². The number of alkyl carbamates (subject to hydrolysis) is 1. The van der Waals surface area contributed by atoms with Gasteiger partial charge < -0.3 is 20.1 Å². The lowest BCUT2D eigenvalue weighted by Gasteiger charge is -2.36. The van der Waals surface area contributed by atoms with Crippen molar-refractivity contribution in [3.63, 3.8) is 0 Å². The van der Waals surface area contributed by atoms with Crippen molar-refractivity contribution in [1.29, 1.82) is 0 Å². The minimum Gasteiger partial charge on any atom is -0.481 e. The summed E-state index contributed by atoms with van der Waals surface area (Å²) < 4.78 is 5.68. The molecule has 1 heterocycles. The molecule has 0 aromatic heterocycles. The maximum atomic E-state index is 13.1. The SMILES string of the molecule is O=C(N[C@@H]1CCC[C@@H](C(=O)N2CCC[C@H](C(=O)O)C2)C1)OCC1c2ccccc2-c2ccccc21. The van der Waals surface area contributed by atoms with Crippen LogP contribution in [0.4, 0.5) is 4.79 Å². The number of benzene rings is 2. The average molecular weight is 477 g/mol. The van der Waals surface area contributed by atoms with E-state index in [1.165, 1.54) is 22.3 Å². The smallest absolute Gasteiger partial charge is 0.407 e. The monoisotopic (exact) mass is 476 g/mol. The number of nitrogens with zero attached hydrogens (tertiary/aromatic N) is 1. The van der Waals surface area contributed by atoms with Gasteiger partial charge in [-0.15, -0.1) is 0 Å². The number of likely N-dealkylation sites (tertiary alicyclic amines) is 1. The Labute approximate surface area is 205 Å². The van der Waals surface area contributed by atoms with Crippen LogP contribution in [0.25, 0.3) is 11.1 Å². The molecular weight excluding hydrogens is 444 g/mol. The molecule has 0 bridgehead atoms. The number of carboxylic acid groups (broad SMARTS) is 1. The van der Waals surface area contributed by atoms with Crippen LogP contribution in [-0.4, -0.2) is 53.7 Å². The van der Waals surface area contributed by atoms with Crippen molar-refractivity contribution in [2.45, 2.75) is 50.5 Å². The van der Waals surface area contributed by atoms with Crippen LogP contribution >= 0.6 is 0 Å². The second kappa shape index (κ2) is 10.1. The molecule has 2 fully saturated rings. The number of carboxylic acids is 1. The van der Waals surface area contributed by atoms with Crippen LogP contribution < -0.4 is 5.32 Å². The molecule has 7 heteroatoms. The van der Waals surface area contributed by atoms with Crippen molar-refractivity contribution >= 4 is 18.0 Å². The highest BCUT2D eigenvalue weighted by atomic mass is 16.5. The summed E-state index contributed by atoms with van der Waals surface area (Å²) >= 11 is 0. The van der Waals surface area contributed by atoms with Crippen LogP contribution in [0.3, 0.4) is 0 Å². The van der Waals surface area contributed by atoms with E-state index in [9.17, 15) is 19.5 Å². The molecule has 0 unspecified atom stereocenters. The summed E-state index contributed by atoms with van der Waals surface area (Å²) in [6.45, 7) is 1.16. The van der Waals surface area contributed by atoms with Crippen LogP contribution in [0.15, 0.2) is 48.5 Å². The molecule has 2 amide bonds. The van der Waals surface area contributed by atoms with Gasteiger partial charge in [0.2, 0.25) is 5.91 Å². The molecule has 2 aromatic rings. The van der Waals surface area contributed by atoms with Crippen LogP contribution in [0.1, 0.15) is 55.6 Å². The van der Waals surface area contributed by atoms with Gasteiger partial charge in [-0.1, -0.05) is 55.0 Å². The minimum absolute atomic E-state index is 0.00937. The van der Waals surface area contributed by atoms with Gasteiger partial charge >= 0.3 is 12.1 Å². The Morgan fingerprint density at radius 1 is 0.914 bits per heavy atom. The van der Waals surface area contributed by atoms with E-state index in [4.69, 9.17) is 4.74 Å². The normalized spacial score (nSPS) is 23.8. The summed E-state index contributed by atoms with van der Waals surface area (Å²) in [6.07, 6.45) is 3.89. The van der Waals surface area contributed by atoms with E-state index in [1.54, 1.807) is 4.90 Å². The first-order valence-corrected chi connectivity index (χ1v) is 12.6. The van der Waals surface area contributed by atoms with Gasteiger partial charge in [0.1, 0.15) is 6.61 Å². The first-order chi connectivity index (χ1) is 17.0. The van der Waals surface area contributed by atoms with Crippen LogP contribution in [0.2, 0.25) is 0 Å². The number of nitrogens with one attached hydrogen (secondary N) is 1. The van der Waals surface area contributed by atoms with Crippen molar-refractivity contribution in [1.82, 2.24) is 10.2 Å². The molecule has 184 valence electrons. The van der Waals surface area contributed by atoms with E-state index < -0.39 is 18.0 Å². The molecule has 7 nitrogen and oxygen atoms in total. The summed E-state index contributed by atoms with van der Waals surface area (Å²) in [4.78, 5) is 38.8. The number of piperidine rings is 1. The van der Waals surface area contributed by atoms with Gasteiger partial charge in [-0.25, -0.2) is 4.79 Å². The van der Waals surface area contributed by atoms with Crippen LogP contribution in [0.5, 0.6) is 0 Å². The highest BCUT2D eigenvalue weighted by Gasteiger charge is 2.35. The zero-order valence-electron chi connectivity index (χ0n) is 19.8. The third-order valence-corrected chi connectivity index (χ3v) is 7.77. The number of hydrogen-bond acceptors (Lipinski definition) is 4. The second-order valence-corrected chi connectivity index (χ2v) is 9.99. The van der Waals surface area contributed by atoms with Gasteiger partial charge in [-0.2, -0.15) is 0 Å². The Balaban J connectivity index is 1.16. The van der Waals surface area contributed by atoms with Crippen molar-refractivity contribution in [2.24, 2.45) is 11.8 Å². The number of ether oxygens (including phenoxy) is 1. The van der Waals surface area contributed by atoms with Gasteiger partial charge in [0, 0.05) is 31.0 Å². The van der Waals surface area contributed by atoms with Gasteiger partial charge in [0.15, 0.2) is 0 Å². The molecule has 2 N–H and O–H groups in total. The summed E-state index contributed by atoms with van der Waals surface area (Å²) in [5, 5.41) is 12.3. The highest BCUT2D eigenvalue weighted by Crippen LogP contribution is 2.44. The number of carbonyl (C=O) groups is 3. The van der Waals surface area contributed by atoms with Crippen LogP contribution in [-0.2, 0) is 14.3 Å². The number of fused-ring (bicyclic) bond motifs is 3. The molecular formula is C28H32N2O5. The molecule has 35 heavy (non-hydrogen) atoms. The van der Waals surface area contributed by atoms with Gasteiger partial charge in [-0.3, -0.25) is 9.59 Å². The second-order valence-electron chi connectivity index (χ2n) is 9.99. The number of rotatable bonds is 5. The van der Waals surface area contributed by atoms with E-state index in [0.29, 0.717) is 19.4 Å². The standard InChI is InChI=1S/C28H32N2O5/c31-26(30-14-6-8-19(16-30)27(32)33)18-7-5-9-20(15-18)29-28(34)35-17-25-23-12-3-1-10-21(23)22-11-2-4-13-24(22)25/h1-4,10-13,18-20,25H,5-9,14-17H2,(H,29,34)(H,32,33)/t18-,19+,20-/m1/s1. The molecule has 3 aliphatic rings. The lowest BCUT2D eigenvalue weighted by Crippen LogP contribution is -2.47. The summed E-state index contributed by atoms with van der Waals surface area (Å²) in [5.41, 5.74) is 4.72. The topological polar surface area (TPSA) is 95.9 Å². The van der Waals surface area contributed by atoms with Gasteiger partial charge in [0.25, 0.3) is 0 Å². The largest absolute Gasteiger partial charge is 0.481 e. The van der Waals surface area contributed by atoms with Crippen molar-refractivity contribution in [3.05, 3.63) is 59.7 Å². The Bertz CT molecular complexity index is 1070. The zero-order chi connectivity index (χ0) is 24.4. The highest BCUT2D eigenvalue weighted by molar-refractivity contribution is 5.81. The number of hydrogen-bond donors (Lipinski definition) is 2. The van der Waals surface area contributed by atoms with E-state index in [-0.39, 0.29) is 36.9 Å². The van der Waals surface area contributed by atoms with Crippen molar-refractivity contribution in [2.75, 3.05) is 19.7 Å². The van der Waals surface area contributed by atoms with E-state index in [0.717, 1.165) is 25.7 Å². The van der Waals surface area contributed by atoms with Gasteiger partial charge in [0.05, 0.1) is 5.92 Å². The summed E-state index contributed by atoms with van der Waals surface area (Å²) in [6, 6.07) is 16.4. The molecule has 0 spiro atoms. The van der Waals surface area contributed by atoms with Gasteiger partial charge in [-0.05, 0) is 54.4 Å². The summed E-state index contributed by atoms with van der Waals surface area (Å²) in [5.74, 6) is -1.47.